The van der Waals surface area contributed by atoms with Gasteiger partial charge in [-0.3, -0.25) is 14.6 Å². The first-order valence-electron chi connectivity index (χ1n) is 13.3. The van der Waals surface area contributed by atoms with E-state index in [0.29, 0.717) is 37.9 Å². The number of amides is 2. The van der Waals surface area contributed by atoms with Crippen molar-refractivity contribution in [1.82, 2.24) is 18.8 Å². The number of carbonyl (C=O) groups is 2. The average molecular weight is 589 g/mol. The summed E-state index contributed by atoms with van der Waals surface area (Å²) in [6, 6.07) is 10.3. The topological polar surface area (TPSA) is 92.6 Å². The monoisotopic (exact) mass is 588 g/mol. The van der Waals surface area contributed by atoms with Crippen molar-refractivity contribution in [3.8, 4) is 11.3 Å². The summed E-state index contributed by atoms with van der Waals surface area (Å²) in [6.07, 6.45) is 5.73. The van der Waals surface area contributed by atoms with Gasteiger partial charge in [-0.05, 0) is 75.9 Å². The van der Waals surface area contributed by atoms with Crippen LogP contribution >= 0.6 is 11.6 Å². The van der Waals surface area contributed by atoms with Gasteiger partial charge in [-0.25, -0.2) is 16.8 Å². The summed E-state index contributed by atoms with van der Waals surface area (Å²) in [5.74, 6) is -0.941. The van der Waals surface area contributed by atoms with E-state index in [4.69, 9.17) is 11.6 Å². The minimum Gasteiger partial charge on any atom is -0.342 e. The van der Waals surface area contributed by atoms with Crippen LogP contribution in [0.5, 0.6) is 0 Å². The molecule has 4 rings (SSSR count). The van der Waals surface area contributed by atoms with Gasteiger partial charge in [0.05, 0.1) is 5.69 Å². The molecule has 1 aliphatic heterocycles. The molecular formula is C29H34ClFN4O4S. The van der Waals surface area contributed by atoms with E-state index in [9.17, 15) is 22.4 Å². The molecule has 1 unspecified atom stereocenters. The lowest BCUT2D eigenvalue weighted by Gasteiger charge is -2.38. The zero-order chi connectivity index (χ0) is 29.0. The average Bonchev–Trinajstić information content (AvgIpc) is 3.37. The number of aromatic nitrogens is 2. The number of alkyl halides is 1. The third-order valence-electron chi connectivity index (χ3n) is 7.31. The second-order valence-electron chi connectivity index (χ2n) is 10.4. The quantitative estimate of drug-likeness (QED) is 0.341. The number of pyridine rings is 1. The van der Waals surface area contributed by atoms with E-state index < -0.39 is 15.8 Å². The summed E-state index contributed by atoms with van der Waals surface area (Å²) < 4.78 is 43.1. The van der Waals surface area contributed by atoms with Gasteiger partial charge in [0.2, 0.25) is 11.8 Å². The third kappa shape index (κ3) is 6.23. The molecule has 40 heavy (non-hydrogen) atoms. The summed E-state index contributed by atoms with van der Waals surface area (Å²) in [5, 5.41) is 0. The second-order valence-corrected chi connectivity index (χ2v) is 12.5. The van der Waals surface area contributed by atoms with Crippen LogP contribution in [0.2, 0.25) is 0 Å². The minimum atomic E-state index is -4.07. The van der Waals surface area contributed by atoms with Crippen LogP contribution in [0.25, 0.3) is 11.3 Å². The number of halogens is 2. The second kappa shape index (κ2) is 12.5. The lowest BCUT2D eigenvalue weighted by atomic mass is 9.93. The van der Waals surface area contributed by atoms with Crippen LogP contribution in [0.4, 0.5) is 4.39 Å². The molecule has 2 aromatic heterocycles. The maximum Gasteiger partial charge on any atom is 0.269 e. The normalized spacial score (nSPS) is 15.3. The molecule has 214 valence electrons. The number of likely N-dealkylation sites (tertiary alicyclic amines) is 1. The lowest BCUT2D eigenvalue weighted by Crippen LogP contribution is -2.50. The maximum atomic E-state index is 14.9. The molecule has 8 nitrogen and oxygen atoms in total. The van der Waals surface area contributed by atoms with Crippen LogP contribution in [0.1, 0.15) is 39.2 Å². The summed E-state index contributed by atoms with van der Waals surface area (Å²) >= 11 is 5.69. The Hall–Kier alpha value is -3.24. The van der Waals surface area contributed by atoms with E-state index in [2.05, 4.69) is 4.98 Å². The number of nitrogens with zero attached hydrogens (tertiary/aromatic N) is 4. The van der Waals surface area contributed by atoms with Crippen molar-refractivity contribution in [2.75, 3.05) is 19.0 Å². The molecule has 11 heteroatoms. The number of benzene rings is 1. The Bertz CT molecular complexity index is 1450. The number of rotatable bonds is 9. The smallest absolute Gasteiger partial charge is 0.269 e. The van der Waals surface area contributed by atoms with Gasteiger partial charge in [0.1, 0.15) is 16.6 Å². The highest BCUT2D eigenvalue weighted by molar-refractivity contribution is 7.90. The van der Waals surface area contributed by atoms with Crippen molar-refractivity contribution in [2.45, 2.75) is 57.0 Å². The summed E-state index contributed by atoms with van der Waals surface area (Å²) in [7, 11) is -4.07. The third-order valence-corrected chi connectivity index (χ3v) is 9.20. The fourth-order valence-corrected chi connectivity index (χ4v) is 6.90. The predicted octanol–water partition coefficient (Wildman–Crippen LogP) is 4.57. The van der Waals surface area contributed by atoms with Crippen LogP contribution in [0, 0.1) is 11.7 Å². The standard InChI is InChI=1S/C29H34ClFN4O4S/c1-20(2)35(29(37)23-10-13-33(14-11-23)28(36)17-30)21(3)15-22-16-27(25-8-4-5-9-26(25)31)34(19-22)40(38,39)24-7-6-12-32-18-24/h4-9,12,16,18-21,23H,10-11,13-15,17H2,1-3H3. The highest BCUT2D eigenvalue weighted by Crippen LogP contribution is 2.30. The highest BCUT2D eigenvalue weighted by atomic mass is 35.5. The minimum absolute atomic E-state index is 0.0113. The number of hydrogen-bond acceptors (Lipinski definition) is 5. The van der Waals surface area contributed by atoms with Gasteiger partial charge in [0.25, 0.3) is 10.0 Å². The van der Waals surface area contributed by atoms with Gasteiger partial charge in [0.15, 0.2) is 0 Å². The van der Waals surface area contributed by atoms with E-state index in [-0.39, 0.29) is 51.8 Å². The maximum absolute atomic E-state index is 14.9. The van der Waals surface area contributed by atoms with Gasteiger partial charge in [-0.15, -0.1) is 11.6 Å². The molecule has 3 aromatic rings. The molecule has 1 saturated heterocycles. The molecule has 0 radical (unpaired) electrons. The van der Waals surface area contributed by atoms with Crippen molar-refractivity contribution in [1.29, 1.82) is 0 Å². The Morgan fingerprint density at radius 3 is 2.42 bits per heavy atom. The van der Waals surface area contributed by atoms with E-state index in [1.54, 1.807) is 29.2 Å². The Morgan fingerprint density at radius 1 is 1.12 bits per heavy atom. The number of carbonyl (C=O) groups excluding carboxylic acids is 2. The Labute approximate surface area is 239 Å². The van der Waals surface area contributed by atoms with Crippen LogP contribution in [-0.4, -0.2) is 70.0 Å². The summed E-state index contributed by atoms with van der Waals surface area (Å²) in [5.41, 5.74) is 1.01. The summed E-state index contributed by atoms with van der Waals surface area (Å²) in [4.78, 5) is 33.0. The van der Waals surface area contributed by atoms with E-state index in [0.717, 1.165) is 3.97 Å². The summed E-state index contributed by atoms with van der Waals surface area (Å²) in [6.45, 7) is 6.80. The van der Waals surface area contributed by atoms with Gasteiger partial charge < -0.3 is 9.80 Å². The first-order chi connectivity index (χ1) is 19.0. The molecular weight excluding hydrogens is 555 g/mol. The molecule has 1 atom stereocenters. The Balaban J connectivity index is 1.63. The molecule has 0 saturated carbocycles. The van der Waals surface area contributed by atoms with Crippen molar-refractivity contribution in [3.63, 3.8) is 0 Å². The van der Waals surface area contributed by atoms with Crippen molar-refractivity contribution < 1.29 is 22.4 Å². The van der Waals surface area contributed by atoms with Crippen LogP contribution < -0.4 is 0 Å². The van der Waals surface area contributed by atoms with E-state index >= 15 is 0 Å². The highest BCUT2D eigenvalue weighted by Gasteiger charge is 2.33. The molecule has 0 bridgehead atoms. The zero-order valence-electron chi connectivity index (χ0n) is 22.8. The van der Waals surface area contributed by atoms with Gasteiger partial charge in [0, 0.05) is 55.2 Å². The number of hydrogen-bond donors (Lipinski definition) is 0. The van der Waals surface area contributed by atoms with Gasteiger partial charge in [-0.2, -0.15) is 0 Å². The molecule has 1 aromatic carbocycles. The Morgan fingerprint density at radius 2 is 1.82 bits per heavy atom. The molecule has 1 aliphatic rings. The Kier molecular flexibility index (Phi) is 9.30. The first kappa shape index (κ1) is 29.7. The van der Waals surface area contributed by atoms with Crippen LogP contribution in [0.3, 0.4) is 0 Å². The largest absolute Gasteiger partial charge is 0.342 e. The molecule has 1 fully saturated rings. The fourth-order valence-electron chi connectivity index (χ4n) is 5.38. The SMILES string of the molecule is CC(C)N(C(=O)C1CCN(C(=O)CCl)CC1)C(C)Cc1cc(-c2ccccc2F)n(S(=O)(=O)c2cccnc2)c1. The first-order valence-corrected chi connectivity index (χ1v) is 15.3. The van der Waals surface area contributed by atoms with Crippen molar-refractivity contribution in [3.05, 3.63) is 72.4 Å². The van der Waals surface area contributed by atoms with E-state index in [1.807, 2.05) is 25.7 Å². The molecule has 0 spiro atoms. The molecule has 0 aliphatic carbocycles. The fraction of sp³-hybridized carbons (Fsp3) is 0.414. The van der Waals surface area contributed by atoms with Gasteiger partial charge >= 0.3 is 0 Å². The van der Waals surface area contributed by atoms with Gasteiger partial charge in [-0.1, -0.05) is 12.1 Å². The predicted molar refractivity (Wildman–Crippen MR) is 152 cm³/mol. The molecule has 0 N–H and O–H groups in total. The van der Waals surface area contributed by atoms with Crippen molar-refractivity contribution >= 4 is 33.4 Å². The lowest BCUT2D eigenvalue weighted by molar-refractivity contribution is -0.143. The van der Waals surface area contributed by atoms with Crippen LogP contribution in [-0.2, 0) is 26.0 Å². The molecule has 2 amide bonds. The molecule has 3 heterocycles. The zero-order valence-corrected chi connectivity index (χ0v) is 24.4. The van der Waals surface area contributed by atoms with Crippen LogP contribution in [0.15, 0.2) is 66.0 Å². The number of piperidine rings is 1. The van der Waals surface area contributed by atoms with E-state index in [1.165, 1.54) is 36.8 Å². The van der Waals surface area contributed by atoms with Crippen molar-refractivity contribution in [2.24, 2.45) is 5.92 Å².